The summed E-state index contributed by atoms with van der Waals surface area (Å²) in [6.45, 7) is 7.05. The van der Waals surface area contributed by atoms with Crippen molar-refractivity contribution in [3.05, 3.63) is 34.9 Å². The fourth-order valence-electron chi connectivity index (χ4n) is 1.44. The van der Waals surface area contributed by atoms with Gasteiger partial charge in [-0.2, -0.15) is 0 Å². The first-order valence-corrected chi connectivity index (χ1v) is 5.40. The molecular formula is C12H17ClO. The highest BCUT2D eigenvalue weighted by Crippen LogP contribution is 2.22. The Morgan fingerprint density at radius 2 is 1.79 bits per heavy atom. The molecule has 0 amide bonds. The summed E-state index contributed by atoms with van der Waals surface area (Å²) in [5, 5.41) is 0.782. The third-order valence-corrected chi connectivity index (χ3v) is 2.78. The molecule has 0 saturated carbocycles. The predicted octanol–water partition coefficient (Wildman–Crippen LogP) is 3.87. The first-order valence-electron chi connectivity index (χ1n) is 5.02. The Labute approximate surface area is 91.0 Å². The van der Waals surface area contributed by atoms with Crippen molar-refractivity contribution in [1.82, 2.24) is 0 Å². The number of ether oxygens (including phenoxy) is 1. The van der Waals surface area contributed by atoms with Crippen LogP contribution in [-0.2, 0) is 4.74 Å². The predicted molar refractivity (Wildman–Crippen MR) is 61.0 cm³/mol. The summed E-state index contributed by atoms with van der Waals surface area (Å²) in [6.07, 6.45) is 0.251. The molecule has 0 aliphatic heterocycles. The SMILES string of the molecule is CCOC(C)C(C)c1ccc(Cl)cc1. The Morgan fingerprint density at radius 1 is 1.21 bits per heavy atom. The van der Waals surface area contributed by atoms with Crippen LogP contribution < -0.4 is 0 Å². The van der Waals surface area contributed by atoms with Crippen molar-refractivity contribution in [1.29, 1.82) is 0 Å². The quantitative estimate of drug-likeness (QED) is 0.736. The van der Waals surface area contributed by atoms with E-state index in [-0.39, 0.29) is 6.10 Å². The smallest absolute Gasteiger partial charge is 0.0612 e. The Morgan fingerprint density at radius 3 is 2.29 bits per heavy atom. The van der Waals surface area contributed by atoms with Gasteiger partial charge in [-0.25, -0.2) is 0 Å². The van der Waals surface area contributed by atoms with Gasteiger partial charge in [0.25, 0.3) is 0 Å². The van der Waals surface area contributed by atoms with Gasteiger partial charge in [0.1, 0.15) is 0 Å². The van der Waals surface area contributed by atoms with Crippen LogP contribution in [0.5, 0.6) is 0 Å². The van der Waals surface area contributed by atoms with Gasteiger partial charge in [-0.15, -0.1) is 0 Å². The van der Waals surface area contributed by atoms with Crippen LogP contribution in [-0.4, -0.2) is 12.7 Å². The minimum absolute atomic E-state index is 0.251. The molecule has 2 unspecified atom stereocenters. The molecule has 0 heterocycles. The lowest BCUT2D eigenvalue weighted by molar-refractivity contribution is 0.0603. The van der Waals surface area contributed by atoms with E-state index in [1.165, 1.54) is 5.56 Å². The van der Waals surface area contributed by atoms with E-state index in [9.17, 15) is 0 Å². The molecule has 2 heteroatoms. The van der Waals surface area contributed by atoms with Gasteiger partial charge in [0, 0.05) is 17.5 Å². The van der Waals surface area contributed by atoms with Crippen LogP contribution in [0.3, 0.4) is 0 Å². The molecule has 0 aliphatic rings. The summed E-state index contributed by atoms with van der Waals surface area (Å²) >= 11 is 5.83. The molecule has 0 aromatic heterocycles. The van der Waals surface area contributed by atoms with Gasteiger partial charge in [-0.1, -0.05) is 30.7 Å². The van der Waals surface area contributed by atoms with Crippen molar-refractivity contribution in [2.45, 2.75) is 32.8 Å². The fraction of sp³-hybridized carbons (Fsp3) is 0.500. The van der Waals surface area contributed by atoms with Crippen LogP contribution in [0.15, 0.2) is 24.3 Å². The van der Waals surface area contributed by atoms with Crippen molar-refractivity contribution in [2.24, 2.45) is 0 Å². The third kappa shape index (κ3) is 3.00. The first-order chi connectivity index (χ1) is 6.65. The topological polar surface area (TPSA) is 9.23 Å². The molecule has 2 atom stereocenters. The van der Waals surface area contributed by atoms with Gasteiger partial charge < -0.3 is 4.74 Å². The molecule has 0 N–H and O–H groups in total. The summed E-state index contributed by atoms with van der Waals surface area (Å²) in [5.74, 6) is 0.409. The lowest BCUT2D eigenvalue weighted by atomic mass is 9.96. The average Bonchev–Trinajstić information content (AvgIpc) is 2.18. The van der Waals surface area contributed by atoms with Crippen LogP contribution >= 0.6 is 11.6 Å². The number of hydrogen-bond acceptors (Lipinski definition) is 1. The molecular weight excluding hydrogens is 196 g/mol. The summed E-state index contributed by atoms with van der Waals surface area (Å²) in [7, 11) is 0. The van der Waals surface area contributed by atoms with Crippen LogP contribution in [0.2, 0.25) is 5.02 Å². The molecule has 0 bridgehead atoms. The number of rotatable bonds is 4. The zero-order valence-corrected chi connectivity index (χ0v) is 9.71. The Kier molecular flexibility index (Phi) is 4.43. The number of hydrogen-bond donors (Lipinski definition) is 0. The normalized spacial score (nSPS) is 15.1. The lowest BCUT2D eigenvalue weighted by Gasteiger charge is -2.20. The largest absolute Gasteiger partial charge is 0.378 e. The van der Waals surface area contributed by atoms with Gasteiger partial charge in [0.05, 0.1) is 6.10 Å². The Bertz CT molecular complexity index is 268. The molecule has 78 valence electrons. The first kappa shape index (κ1) is 11.5. The van der Waals surface area contributed by atoms with Crippen molar-refractivity contribution in [2.75, 3.05) is 6.61 Å². The van der Waals surface area contributed by atoms with E-state index in [4.69, 9.17) is 16.3 Å². The molecule has 0 saturated heterocycles. The van der Waals surface area contributed by atoms with Crippen molar-refractivity contribution >= 4 is 11.6 Å². The molecule has 1 aromatic rings. The van der Waals surface area contributed by atoms with E-state index < -0.39 is 0 Å². The molecule has 14 heavy (non-hydrogen) atoms. The maximum absolute atomic E-state index is 5.83. The fourth-order valence-corrected chi connectivity index (χ4v) is 1.57. The monoisotopic (exact) mass is 212 g/mol. The standard InChI is InChI=1S/C12H17ClO/c1-4-14-10(3)9(2)11-5-7-12(13)8-6-11/h5-10H,4H2,1-3H3. The molecule has 0 radical (unpaired) electrons. The molecule has 0 fully saturated rings. The van der Waals surface area contributed by atoms with Crippen LogP contribution in [0.1, 0.15) is 32.3 Å². The molecule has 1 aromatic carbocycles. The Hall–Kier alpha value is -0.530. The second kappa shape index (κ2) is 5.38. The zero-order valence-electron chi connectivity index (χ0n) is 8.96. The maximum Gasteiger partial charge on any atom is 0.0612 e. The van der Waals surface area contributed by atoms with E-state index in [1.807, 2.05) is 19.1 Å². The van der Waals surface area contributed by atoms with Gasteiger partial charge >= 0.3 is 0 Å². The van der Waals surface area contributed by atoms with E-state index in [2.05, 4.69) is 26.0 Å². The summed E-state index contributed by atoms with van der Waals surface area (Å²) in [4.78, 5) is 0. The van der Waals surface area contributed by atoms with E-state index in [0.29, 0.717) is 5.92 Å². The van der Waals surface area contributed by atoms with E-state index >= 15 is 0 Å². The Balaban J connectivity index is 2.68. The van der Waals surface area contributed by atoms with E-state index in [0.717, 1.165) is 11.6 Å². The summed E-state index contributed by atoms with van der Waals surface area (Å²) in [6, 6.07) is 7.96. The molecule has 1 nitrogen and oxygen atoms in total. The highest BCUT2D eigenvalue weighted by Gasteiger charge is 2.13. The molecule has 0 aliphatic carbocycles. The molecule has 0 spiro atoms. The van der Waals surface area contributed by atoms with Crippen molar-refractivity contribution in [3.63, 3.8) is 0 Å². The zero-order chi connectivity index (χ0) is 10.6. The van der Waals surface area contributed by atoms with Crippen molar-refractivity contribution in [3.8, 4) is 0 Å². The van der Waals surface area contributed by atoms with Gasteiger partial charge in [0.15, 0.2) is 0 Å². The van der Waals surface area contributed by atoms with Gasteiger partial charge in [-0.05, 0) is 31.5 Å². The highest BCUT2D eigenvalue weighted by atomic mass is 35.5. The second-order valence-electron chi connectivity index (χ2n) is 3.50. The van der Waals surface area contributed by atoms with E-state index in [1.54, 1.807) is 0 Å². The average molecular weight is 213 g/mol. The second-order valence-corrected chi connectivity index (χ2v) is 3.94. The maximum atomic E-state index is 5.83. The third-order valence-electron chi connectivity index (χ3n) is 2.53. The minimum atomic E-state index is 0.251. The van der Waals surface area contributed by atoms with Gasteiger partial charge in [-0.3, -0.25) is 0 Å². The lowest BCUT2D eigenvalue weighted by Crippen LogP contribution is -2.16. The van der Waals surface area contributed by atoms with Crippen molar-refractivity contribution < 1.29 is 4.74 Å². The summed E-state index contributed by atoms with van der Waals surface area (Å²) < 4.78 is 5.56. The van der Waals surface area contributed by atoms with Crippen LogP contribution in [0, 0.1) is 0 Å². The minimum Gasteiger partial charge on any atom is -0.378 e. The van der Waals surface area contributed by atoms with Crippen LogP contribution in [0.25, 0.3) is 0 Å². The number of benzene rings is 1. The summed E-state index contributed by atoms with van der Waals surface area (Å²) in [5.41, 5.74) is 1.27. The molecule has 1 rings (SSSR count). The highest BCUT2D eigenvalue weighted by molar-refractivity contribution is 6.30. The number of halogens is 1. The van der Waals surface area contributed by atoms with Gasteiger partial charge in [0.2, 0.25) is 0 Å². The van der Waals surface area contributed by atoms with Crippen LogP contribution in [0.4, 0.5) is 0 Å².